The molecular weight excluding hydrogens is 287 g/mol. The van der Waals surface area contributed by atoms with Gasteiger partial charge in [-0.05, 0) is 56.7 Å². The summed E-state index contributed by atoms with van der Waals surface area (Å²) in [5, 5.41) is 14.7. The molecule has 0 heterocycles. The molecule has 0 spiro atoms. The summed E-state index contributed by atoms with van der Waals surface area (Å²) in [6.45, 7) is 0. The van der Waals surface area contributed by atoms with Gasteiger partial charge in [0.1, 0.15) is 5.82 Å². The molecule has 2 atom stereocenters. The van der Waals surface area contributed by atoms with E-state index in [4.69, 9.17) is 5.11 Å². The second-order valence-corrected chi connectivity index (χ2v) is 6.49. The largest absolute Gasteiger partial charge is 0.465 e. The Bertz CT molecular complexity index is 621. The van der Waals surface area contributed by atoms with Crippen LogP contribution < -0.4 is 10.6 Å². The molecule has 6 heteroatoms. The molecule has 3 rings (SSSR count). The number of amides is 2. The highest BCUT2D eigenvalue weighted by Crippen LogP contribution is 2.48. The minimum Gasteiger partial charge on any atom is -0.465 e. The molecule has 22 heavy (non-hydrogen) atoms. The number of nitrogens with one attached hydrogen (secondary N) is 2. The third-order valence-corrected chi connectivity index (χ3v) is 4.91. The third kappa shape index (κ3) is 2.77. The first-order chi connectivity index (χ1) is 10.4. The highest BCUT2D eigenvalue weighted by molar-refractivity contribution is 5.94. The molecule has 5 nitrogen and oxygen atoms in total. The maximum absolute atomic E-state index is 13.2. The number of fused-ring (bicyclic) bond motifs is 2. The summed E-state index contributed by atoms with van der Waals surface area (Å²) in [4.78, 5) is 23.4. The van der Waals surface area contributed by atoms with Crippen LogP contribution in [0.15, 0.2) is 24.3 Å². The van der Waals surface area contributed by atoms with Crippen molar-refractivity contribution in [2.45, 2.75) is 49.6 Å². The van der Waals surface area contributed by atoms with Crippen LogP contribution in [0.5, 0.6) is 0 Å². The molecule has 2 unspecified atom stereocenters. The molecule has 2 amide bonds. The van der Waals surface area contributed by atoms with Gasteiger partial charge < -0.3 is 15.7 Å². The number of halogens is 1. The third-order valence-electron chi connectivity index (χ3n) is 4.91. The Labute approximate surface area is 127 Å². The van der Waals surface area contributed by atoms with Crippen LogP contribution in [0.2, 0.25) is 0 Å². The van der Waals surface area contributed by atoms with Gasteiger partial charge in [-0.15, -0.1) is 0 Å². The minimum absolute atomic E-state index is 0.295. The van der Waals surface area contributed by atoms with Crippen LogP contribution in [-0.2, 0) is 0 Å². The van der Waals surface area contributed by atoms with Crippen molar-refractivity contribution in [1.29, 1.82) is 0 Å². The average Bonchev–Trinajstić information content (AvgIpc) is 2.68. The molecule has 2 aliphatic carbocycles. The van der Waals surface area contributed by atoms with Gasteiger partial charge >= 0.3 is 6.09 Å². The summed E-state index contributed by atoms with van der Waals surface area (Å²) >= 11 is 0. The Morgan fingerprint density at radius 2 is 1.77 bits per heavy atom. The summed E-state index contributed by atoms with van der Waals surface area (Å²) < 4.78 is 13.2. The van der Waals surface area contributed by atoms with Crippen LogP contribution in [0.3, 0.4) is 0 Å². The second-order valence-electron chi connectivity index (χ2n) is 6.49. The van der Waals surface area contributed by atoms with Gasteiger partial charge in [-0.2, -0.15) is 0 Å². The normalized spacial score (nSPS) is 29.9. The highest BCUT2D eigenvalue weighted by Gasteiger charge is 2.52. The monoisotopic (exact) mass is 306 g/mol. The first-order valence-corrected chi connectivity index (χ1v) is 7.51. The number of carboxylic acid groups (broad SMARTS) is 1. The van der Waals surface area contributed by atoms with Crippen molar-refractivity contribution < 1.29 is 19.1 Å². The van der Waals surface area contributed by atoms with Gasteiger partial charge in [0.15, 0.2) is 0 Å². The summed E-state index contributed by atoms with van der Waals surface area (Å²) in [7, 11) is 0. The molecule has 3 N–H and O–H groups in total. The van der Waals surface area contributed by atoms with E-state index < -0.39 is 17.4 Å². The Kier molecular flexibility index (Phi) is 3.54. The number of carbonyl (C=O) groups is 2. The fourth-order valence-electron chi connectivity index (χ4n) is 4.00. The molecule has 2 bridgehead atoms. The number of benzene rings is 1. The maximum Gasteiger partial charge on any atom is 0.405 e. The van der Waals surface area contributed by atoms with Crippen molar-refractivity contribution in [1.82, 2.24) is 10.6 Å². The molecule has 2 fully saturated rings. The molecule has 0 aliphatic heterocycles. The Hall–Kier alpha value is -2.11. The van der Waals surface area contributed by atoms with E-state index in [9.17, 15) is 14.0 Å². The molecule has 0 saturated heterocycles. The van der Waals surface area contributed by atoms with Crippen molar-refractivity contribution in [3.63, 3.8) is 0 Å². The first-order valence-electron chi connectivity index (χ1n) is 7.51. The molecule has 2 saturated carbocycles. The fourth-order valence-corrected chi connectivity index (χ4v) is 4.00. The van der Waals surface area contributed by atoms with Crippen molar-refractivity contribution in [3.8, 4) is 0 Å². The van der Waals surface area contributed by atoms with E-state index in [1.54, 1.807) is 6.07 Å². The fraction of sp³-hybridized carbons (Fsp3) is 0.500. The molecule has 0 aromatic heterocycles. The van der Waals surface area contributed by atoms with Crippen LogP contribution in [0, 0.1) is 5.82 Å². The molecule has 1 aromatic rings. The van der Waals surface area contributed by atoms with Gasteiger partial charge in [0.2, 0.25) is 0 Å². The van der Waals surface area contributed by atoms with E-state index in [1.165, 1.54) is 18.2 Å². The molecule has 0 radical (unpaired) electrons. The lowest BCUT2D eigenvalue weighted by molar-refractivity contribution is 0.0869. The highest BCUT2D eigenvalue weighted by atomic mass is 19.1. The lowest BCUT2D eigenvalue weighted by Gasteiger charge is -2.39. The Morgan fingerprint density at radius 1 is 1.09 bits per heavy atom. The quantitative estimate of drug-likeness (QED) is 0.803. The standard InChI is InChI=1S/C16H19FN2O3/c17-12-4-1-3-11(9-12)13(20)18-15-5-2-6-16(10-15,8-7-15)19-14(21)22/h1,3-4,9,19H,2,5-8,10H2,(H,18,20)(H,21,22). The van der Waals surface area contributed by atoms with Gasteiger partial charge in [0.05, 0.1) is 0 Å². The van der Waals surface area contributed by atoms with Gasteiger partial charge in [0, 0.05) is 16.6 Å². The van der Waals surface area contributed by atoms with Gasteiger partial charge in [0.25, 0.3) is 5.91 Å². The molecule has 118 valence electrons. The average molecular weight is 306 g/mol. The number of hydrogen-bond acceptors (Lipinski definition) is 2. The smallest absolute Gasteiger partial charge is 0.405 e. The van der Waals surface area contributed by atoms with Crippen LogP contribution in [0.4, 0.5) is 9.18 Å². The predicted octanol–water partition coefficient (Wildman–Crippen LogP) is 2.67. The van der Waals surface area contributed by atoms with Crippen LogP contribution >= 0.6 is 0 Å². The lowest BCUT2D eigenvalue weighted by Crippen LogP contribution is -2.55. The maximum atomic E-state index is 13.2. The van der Waals surface area contributed by atoms with Gasteiger partial charge in [-0.25, -0.2) is 9.18 Å². The summed E-state index contributed by atoms with van der Waals surface area (Å²) in [6.07, 6.45) is 3.55. The van der Waals surface area contributed by atoms with E-state index in [1.807, 2.05) is 0 Å². The number of hydrogen-bond donors (Lipinski definition) is 3. The summed E-state index contributed by atoms with van der Waals surface area (Å²) in [5.41, 5.74) is -0.521. The van der Waals surface area contributed by atoms with Crippen LogP contribution in [-0.4, -0.2) is 28.2 Å². The lowest BCUT2D eigenvalue weighted by atomic mass is 9.78. The zero-order chi connectivity index (χ0) is 15.8. The number of rotatable bonds is 3. The zero-order valence-corrected chi connectivity index (χ0v) is 12.2. The SMILES string of the molecule is O=C(O)NC12CCCC(NC(=O)c3cccc(F)c3)(CC1)C2. The Morgan fingerprint density at radius 3 is 2.41 bits per heavy atom. The van der Waals surface area contributed by atoms with Crippen molar-refractivity contribution >= 4 is 12.0 Å². The molecule has 1 aromatic carbocycles. The van der Waals surface area contributed by atoms with Gasteiger partial charge in [-0.3, -0.25) is 4.79 Å². The van der Waals surface area contributed by atoms with Crippen molar-refractivity contribution in [2.75, 3.05) is 0 Å². The zero-order valence-electron chi connectivity index (χ0n) is 12.2. The van der Waals surface area contributed by atoms with E-state index in [0.717, 1.165) is 32.1 Å². The van der Waals surface area contributed by atoms with Crippen molar-refractivity contribution in [3.05, 3.63) is 35.6 Å². The topological polar surface area (TPSA) is 78.4 Å². The van der Waals surface area contributed by atoms with Gasteiger partial charge in [-0.1, -0.05) is 6.07 Å². The predicted molar refractivity (Wildman–Crippen MR) is 78.2 cm³/mol. The summed E-state index contributed by atoms with van der Waals surface area (Å²) in [5.74, 6) is -0.741. The van der Waals surface area contributed by atoms with Crippen LogP contribution in [0.25, 0.3) is 0 Å². The van der Waals surface area contributed by atoms with E-state index in [0.29, 0.717) is 12.0 Å². The number of carbonyl (C=O) groups excluding carboxylic acids is 1. The summed E-state index contributed by atoms with van der Waals surface area (Å²) in [6, 6.07) is 5.60. The van der Waals surface area contributed by atoms with Crippen LogP contribution in [0.1, 0.15) is 48.9 Å². The van der Waals surface area contributed by atoms with E-state index >= 15 is 0 Å². The first kappa shape index (κ1) is 14.8. The Balaban J connectivity index is 1.75. The van der Waals surface area contributed by atoms with E-state index in [2.05, 4.69) is 10.6 Å². The second kappa shape index (κ2) is 5.26. The minimum atomic E-state index is -1.02. The van der Waals surface area contributed by atoms with Crippen molar-refractivity contribution in [2.24, 2.45) is 0 Å². The molecule has 2 aliphatic rings. The van der Waals surface area contributed by atoms with E-state index in [-0.39, 0.29) is 11.4 Å². The molecular formula is C16H19FN2O3.